The molecule has 0 amide bonds. The average molecular weight is 302 g/mol. The molecule has 0 bridgehead atoms. The standard InChI is InChI=1S/C20H18OSi/c1-22-21-20(17-11-5-2-6-12-17,18-13-7-3-8-14-18)19-15-9-4-10-16-19/h2-16H,1H3. The van der Waals surface area contributed by atoms with E-state index >= 15 is 0 Å². The van der Waals surface area contributed by atoms with E-state index in [2.05, 4.69) is 79.3 Å². The molecule has 0 unspecified atom stereocenters. The number of hydrogen-bond donors (Lipinski definition) is 0. The van der Waals surface area contributed by atoms with E-state index in [1.54, 1.807) is 0 Å². The van der Waals surface area contributed by atoms with Gasteiger partial charge in [-0.05, 0) is 23.2 Å². The summed E-state index contributed by atoms with van der Waals surface area (Å²) in [6.45, 7) is 2.07. The van der Waals surface area contributed by atoms with Gasteiger partial charge in [-0.15, -0.1) is 0 Å². The Hall–Kier alpha value is -2.16. The average Bonchev–Trinajstić information content (AvgIpc) is 2.62. The predicted octanol–water partition coefficient (Wildman–Crippen LogP) is 4.66. The van der Waals surface area contributed by atoms with Crippen molar-refractivity contribution in [3.8, 4) is 0 Å². The zero-order valence-corrected chi connectivity index (χ0v) is 13.6. The first-order valence-electron chi connectivity index (χ1n) is 7.39. The third kappa shape index (κ3) is 2.63. The lowest BCUT2D eigenvalue weighted by Gasteiger charge is -2.35. The molecule has 0 atom stereocenters. The molecule has 2 heteroatoms. The van der Waals surface area contributed by atoms with Crippen molar-refractivity contribution < 1.29 is 4.43 Å². The van der Waals surface area contributed by atoms with Gasteiger partial charge in [-0.1, -0.05) is 91.0 Å². The minimum Gasteiger partial charge on any atom is -0.401 e. The van der Waals surface area contributed by atoms with Crippen molar-refractivity contribution in [2.45, 2.75) is 12.1 Å². The Balaban J connectivity index is 2.29. The molecule has 0 aliphatic carbocycles. The Labute approximate surface area is 134 Å². The number of hydrogen-bond acceptors (Lipinski definition) is 1. The van der Waals surface area contributed by atoms with Crippen LogP contribution >= 0.6 is 0 Å². The Morgan fingerprint density at radius 3 is 1.18 bits per heavy atom. The summed E-state index contributed by atoms with van der Waals surface area (Å²) in [7, 11) is 0.386. The summed E-state index contributed by atoms with van der Waals surface area (Å²) in [5, 5.41) is 0. The maximum absolute atomic E-state index is 6.42. The van der Waals surface area contributed by atoms with Crippen LogP contribution < -0.4 is 0 Å². The first-order chi connectivity index (χ1) is 10.9. The molecule has 0 saturated carbocycles. The second-order valence-corrected chi connectivity index (χ2v) is 5.70. The van der Waals surface area contributed by atoms with Gasteiger partial charge < -0.3 is 4.43 Å². The van der Waals surface area contributed by atoms with E-state index in [1.165, 1.54) is 0 Å². The molecule has 3 rings (SSSR count). The second kappa shape index (κ2) is 6.73. The van der Waals surface area contributed by atoms with Gasteiger partial charge in [0.25, 0.3) is 0 Å². The number of benzene rings is 3. The van der Waals surface area contributed by atoms with Gasteiger partial charge in [0, 0.05) is 0 Å². The molecule has 3 aromatic carbocycles. The fraction of sp³-hybridized carbons (Fsp3) is 0.100. The second-order valence-electron chi connectivity index (χ2n) is 5.09. The first-order valence-corrected chi connectivity index (χ1v) is 8.80. The molecule has 0 aliphatic heterocycles. The van der Waals surface area contributed by atoms with Crippen LogP contribution in [0, 0.1) is 0 Å². The lowest BCUT2D eigenvalue weighted by Crippen LogP contribution is -2.33. The van der Waals surface area contributed by atoms with E-state index in [0.717, 1.165) is 16.7 Å². The summed E-state index contributed by atoms with van der Waals surface area (Å²) >= 11 is 0. The van der Waals surface area contributed by atoms with Crippen LogP contribution in [0.2, 0.25) is 6.55 Å². The van der Waals surface area contributed by atoms with E-state index in [-0.39, 0.29) is 0 Å². The van der Waals surface area contributed by atoms with Gasteiger partial charge >= 0.3 is 0 Å². The smallest absolute Gasteiger partial charge is 0.228 e. The van der Waals surface area contributed by atoms with Crippen molar-refractivity contribution in [1.82, 2.24) is 0 Å². The van der Waals surface area contributed by atoms with Crippen molar-refractivity contribution in [3.05, 3.63) is 108 Å². The predicted molar refractivity (Wildman–Crippen MR) is 91.9 cm³/mol. The highest BCUT2D eigenvalue weighted by molar-refractivity contribution is 6.25. The van der Waals surface area contributed by atoms with Crippen LogP contribution in [0.5, 0.6) is 0 Å². The van der Waals surface area contributed by atoms with Gasteiger partial charge in [-0.2, -0.15) is 0 Å². The van der Waals surface area contributed by atoms with Crippen LogP contribution in [0.3, 0.4) is 0 Å². The molecule has 0 fully saturated rings. The Kier molecular flexibility index (Phi) is 4.52. The van der Waals surface area contributed by atoms with Crippen LogP contribution in [0.4, 0.5) is 0 Å². The molecule has 2 radical (unpaired) electrons. The lowest BCUT2D eigenvalue weighted by molar-refractivity contribution is 0.166. The summed E-state index contributed by atoms with van der Waals surface area (Å²) in [6.07, 6.45) is 0. The van der Waals surface area contributed by atoms with Crippen LogP contribution in [0.15, 0.2) is 91.0 Å². The summed E-state index contributed by atoms with van der Waals surface area (Å²) in [4.78, 5) is 0. The molecular formula is C20H18OSi. The Morgan fingerprint density at radius 1 is 0.591 bits per heavy atom. The highest BCUT2D eigenvalue weighted by Gasteiger charge is 2.36. The lowest BCUT2D eigenvalue weighted by atomic mass is 9.80. The summed E-state index contributed by atoms with van der Waals surface area (Å²) in [6, 6.07) is 31.4. The molecule has 0 heterocycles. The molecule has 3 aromatic rings. The molecule has 0 aromatic heterocycles. The van der Waals surface area contributed by atoms with E-state index in [9.17, 15) is 0 Å². The van der Waals surface area contributed by atoms with Gasteiger partial charge in [0.2, 0.25) is 9.76 Å². The maximum atomic E-state index is 6.42. The summed E-state index contributed by atoms with van der Waals surface area (Å²) in [5.74, 6) is 0. The molecular weight excluding hydrogens is 284 g/mol. The van der Waals surface area contributed by atoms with E-state index < -0.39 is 5.60 Å². The third-order valence-corrected chi connectivity index (χ3v) is 4.31. The normalized spacial score (nSPS) is 11.3. The van der Waals surface area contributed by atoms with E-state index in [1.807, 2.05) is 18.2 Å². The quantitative estimate of drug-likeness (QED) is 0.492. The molecule has 0 N–H and O–H groups in total. The van der Waals surface area contributed by atoms with Gasteiger partial charge in [-0.25, -0.2) is 0 Å². The van der Waals surface area contributed by atoms with Crippen LogP contribution in [-0.4, -0.2) is 9.76 Å². The summed E-state index contributed by atoms with van der Waals surface area (Å²) in [5.41, 5.74) is 2.90. The van der Waals surface area contributed by atoms with Crippen LogP contribution in [0.1, 0.15) is 16.7 Å². The highest BCUT2D eigenvalue weighted by atomic mass is 28.2. The molecule has 0 spiro atoms. The van der Waals surface area contributed by atoms with Gasteiger partial charge in [0.15, 0.2) is 0 Å². The third-order valence-electron chi connectivity index (χ3n) is 3.80. The molecule has 0 aliphatic rings. The van der Waals surface area contributed by atoms with Crippen molar-refractivity contribution in [2.24, 2.45) is 0 Å². The van der Waals surface area contributed by atoms with Gasteiger partial charge in [0.05, 0.1) is 0 Å². The molecule has 1 nitrogen and oxygen atoms in total. The topological polar surface area (TPSA) is 9.23 Å². The Bertz CT molecular complexity index is 599. The van der Waals surface area contributed by atoms with E-state index in [4.69, 9.17) is 4.43 Å². The van der Waals surface area contributed by atoms with Gasteiger partial charge in [-0.3, -0.25) is 0 Å². The van der Waals surface area contributed by atoms with Crippen molar-refractivity contribution in [2.75, 3.05) is 0 Å². The fourth-order valence-corrected chi connectivity index (χ4v) is 3.51. The SMILES string of the molecule is C[Si]OC(c1ccccc1)(c1ccccc1)c1ccccc1. The van der Waals surface area contributed by atoms with Gasteiger partial charge in [0.1, 0.15) is 5.60 Å². The molecule has 108 valence electrons. The van der Waals surface area contributed by atoms with Crippen molar-refractivity contribution in [3.63, 3.8) is 0 Å². The maximum Gasteiger partial charge on any atom is 0.228 e. The summed E-state index contributed by atoms with van der Waals surface area (Å²) < 4.78 is 6.42. The molecule has 0 saturated heterocycles. The highest BCUT2D eigenvalue weighted by Crippen LogP contribution is 2.39. The first kappa shape index (κ1) is 14.8. The van der Waals surface area contributed by atoms with Crippen molar-refractivity contribution in [1.29, 1.82) is 0 Å². The van der Waals surface area contributed by atoms with Crippen molar-refractivity contribution >= 4 is 9.76 Å². The van der Waals surface area contributed by atoms with Crippen LogP contribution in [0.25, 0.3) is 0 Å². The number of rotatable bonds is 5. The van der Waals surface area contributed by atoms with E-state index in [0.29, 0.717) is 9.76 Å². The zero-order valence-electron chi connectivity index (χ0n) is 12.6. The Morgan fingerprint density at radius 2 is 0.909 bits per heavy atom. The fourth-order valence-electron chi connectivity index (χ4n) is 2.85. The molecule has 22 heavy (non-hydrogen) atoms. The zero-order chi connectivity index (χ0) is 15.3. The largest absolute Gasteiger partial charge is 0.401 e. The minimum atomic E-state index is -0.559. The monoisotopic (exact) mass is 302 g/mol. The minimum absolute atomic E-state index is 0.386. The van der Waals surface area contributed by atoms with Crippen LogP contribution in [-0.2, 0) is 10.0 Å².